The van der Waals surface area contributed by atoms with Gasteiger partial charge in [0.15, 0.2) is 6.10 Å². The zero-order valence-electron chi connectivity index (χ0n) is 15.2. The largest absolute Gasteiger partial charge is 0.481 e. The molecule has 1 N–H and O–H groups in total. The predicted molar refractivity (Wildman–Crippen MR) is 102 cm³/mol. The summed E-state index contributed by atoms with van der Waals surface area (Å²) in [4.78, 5) is 14.4. The lowest BCUT2D eigenvalue weighted by molar-refractivity contribution is -0.127. The fourth-order valence-corrected chi connectivity index (χ4v) is 2.62. The Morgan fingerprint density at radius 1 is 1.20 bits per heavy atom. The molecule has 5 heteroatoms. The first-order valence-corrected chi connectivity index (χ1v) is 8.66. The molecule has 0 aliphatic heterocycles. The van der Waals surface area contributed by atoms with Crippen molar-refractivity contribution in [2.75, 3.05) is 14.1 Å². The van der Waals surface area contributed by atoms with Crippen molar-refractivity contribution >= 4 is 17.5 Å². The van der Waals surface area contributed by atoms with Gasteiger partial charge in [0.05, 0.1) is 0 Å². The number of amides is 1. The molecule has 2 aromatic carbocycles. The van der Waals surface area contributed by atoms with Gasteiger partial charge in [-0.25, -0.2) is 0 Å². The van der Waals surface area contributed by atoms with Gasteiger partial charge in [-0.3, -0.25) is 4.79 Å². The summed E-state index contributed by atoms with van der Waals surface area (Å²) in [7, 11) is 4.05. The summed E-state index contributed by atoms with van der Waals surface area (Å²) in [5, 5.41) is 3.63. The lowest BCUT2D eigenvalue weighted by Crippen LogP contribution is -2.36. The van der Waals surface area contributed by atoms with Crippen LogP contribution >= 0.6 is 11.6 Å². The van der Waals surface area contributed by atoms with Gasteiger partial charge < -0.3 is 15.0 Å². The summed E-state index contributed by atoms with van der Waals surface area (Å²) in [6.07, 6.45) is -0.582. The van der Waals surface area contributed by atoms with Crippen LogP contribution in [0.4, 0.5) is 0 Å². The predicted octanol–water partition coefficient (Wildman–Crippen LogP) is 3.79. The summed E-state index contributed by atoms with van der Waals surface area (Å²) in [6, 6.07) is 13.5. The third-order valence-corrected chi connectivity index (χ3v) is 4.29. The maximum atomic E-state index is 12.3. The van der Waals surface area contributed by atoms with E-state index in [1.54, 1.807) is 19.1 Å². The molecule has 0 radical (unpaired) electrons. The third-order valence-electron chi connectivity index (χ3n) is 3.87. The molecular formula is C20H25ClN2O2. The Bertz CT molecular complexity index is 731. The number of aryl methyl sites for hydroxylation is 1. The van der Waals surface area contributed by atoms with E-state index in [2.05, 4.69) is 16.3 Å². The van der Waals surface area contributed by atoms with E-state index in [0.717, 1.165) is 17.7 Å². The van der Waals surface area contributed by atoms with Crippen LogP contribution in [0, 0.1) is 6.92 Å². The Kier molecular flexibility index (Phi) is 6.85. The monoisotopic (exact) mass is 360 g/mol. The minimum Gasteiger partial charge on any atom is -0.481 e. The van der Waals surface area contributed by atoms with Crippen molar-refractivity contribution in [1.29, 1.82) is 0 Å². The molecule has 25 heavy (non-hydrogen) atoms. The summed E-state index contributed by atoms with van der Waals surface area (Å²) < 4.78 is 5.72. The molecule has 0 fully saturated rings. The molecule has 0 saturated heterocycles. The number of nitrogens with one attached hydrogen (secondary N) is 1. The summed E-state index contributed by atoms with van der Waals surface area (Å²) in [5.41, 5.74) is 3.23. The first-order valence-electron chi connectivity index (χ1n) is 8.29. The van der Waals surface area contributed by atoms with E-state index >= 15 is 0 Å². The number of hydrogen-bond acceptors (Lipinski definition) is 3. The quantitative estimate of drug-likeness (QED) is 0.816. The van der Waals surface area contributed by atoms with Gasteiger partial charge in [-0.1, -0.05) is 35.9 Å². The van der Waals surface area contributed by atoms with Crippen LogP contribution in [-0.4, -0.2) is 31.0 Å². The average molecular weight is 361 g/mol. The van der Waals surface area contributed by atoms with Gasteiger partial charge in [0, 0.05) is 18.1 Å². The summed E-state index contributed by atoms with van der Waals surface area (Å²) in [6.45, 7) is 4.96. The van der Waals surface area contributed by atoms with Crippen molar-refractivity contribution in [3.8, 4) is 5.75 Å². The third kappa shape index (κ3) is 5.76. The van der Waals surface area contributed by atoms with Crippen LogP contribution in [0.5, 0.6) is 5.75 Å². The molecule has 0 aromatic heterocycles. The maximum absolute atomic E-state index is 12.3. The highest BCUT2D eigenvalue weighted by Crippen LogP contribution is 2.22. The Balaban J connectivity index is 1.94. The zero-order valence-corrected chi connectivity index (χ0v) is 15.9. The molecule has 134 valence electrons. The molecule has 2 rings (SSSR count). The zero-order chi connectivity index (χ0) is 18.4. The molecule has 1 unspecified atom stereocenters. The Labute approximate surface area is 154 Å². The lowest BCUT2D eigenvalue weighted by atomic mass is 10.1. The number of nitrogens with zero attached hydrogens (tertiary/aromatic N) is 1. The molecule has 4 nitrogen and oxygen atoms in total. The van der Waals surface area contributed by atoms with Gasteiger partial charge in [0.25, 0.3) is 5.91 Å². The minimum absolute atomic E-state index is 0.146. The standard InChI is InChI=1S/C20H25ClN2O2/c1-14-11-18(9-10-19(14)21)25-15(2)20(24)22-12-16-7-5-6-8-17(16)13-23(3)4/h5-11,15H,12-13H2,1-4H3,(H,22,24). The first kappa shape index (κ1) is 19.3. The number of carbonyl (C=O) groups is 1. The second-order valence-electron chi connectivity index (χ2n) is 6.40. The molecule has 0 saturated carbocycles. The van der Waals surface area contributed by atoms with Gasteiger partial charge in [0.2, 0.25) is 0 Å². The minimum atomic E-state index is -0.582. The van der Waals surface area contributed by atoms with Crippen LogP contribution in [0.3, 0.4) is 0 Å². The van der Waals surface area contributed by atoms with Gasteiger partial charge in [-0.2, -0.15) is 0 Å². The molecule has 0 aliphatic carbocycles. The van der Waals surface area contributed by atoms with Gasteiger partial charge in [-0.15, -0.1) is 0 Å². The molecule has 0 aliphatic rings. The first-order chi connectivity index (χ1) is 11.9. The van der Waals surface area contributed by atoms with E-state index < -0.39 is 6.10 Å². The number of ether oxygens (including phenoxy) is 1. The molecule has 1 atom stereocenters. The highest BCUT2D eigenvalue weighted by molar-refractivity contribution is 6.31. The Hall–Kier alpha value is -2.04. The van der Waals surface area contributed by atoms with Crippen molar-refractivity contribution in [3.63, 3.8) is 0 Å². The molecule has 2 aromatic rings. The second kappa shape index (κ2) is 8.88. The maximum Gasteiger partial charge on any atom is 0.261 e. The normalized spacial score (nSPS) is 12.1. The molecule has 0 bridgehead atoms. The van der Waals surface area contributed by atoms with Crippen LogP contribution < -0.4 is 10.1 Å². The topological polar surface area (TPSA) is 41.6 Å². The number of carbonyl (C=O) groups excluding carboxylic acids is 1. The van der Waals surface area contributed by atoms with Crippen molar-refractivity contribution in [3.05, 3.63) is 64.2 Å². The van der Waals surface area contributed by atoms with E-state index in [0.29, 0.717) is 17.3 Å². The molecule has 1 amide bonds. The van der Waals surface area contributed by atoms with Crippen molar-refractivity contribution in [2.45, 2.75) is 33.0 Å². The SMILES string of the molecule is Cc1cc(OC(C)C(=O)NCc2ccccc2CN(C)C)ccc1Cl. The number of halogens is 1. The Morgan fingerprint density at radius 3 is 2.52 bits per heavy atom. The highest BCUT2D eigenvalue weighted by atomic mass is 35.5. The highest BCUT2D eigenvalue weighted by Gasteiger charge is 2.15. The second-order valence-corrected chi connectivity index (χ2v) is 6.80. The average Bonchev–Trinajstić information content (AvgIpc) is 2.56. The van der Waals surface area contributed by atoms with Crippen LogP contribution in [0.15, 0.2) is 42.5 Å². The lowest BCUT2D eigenvalue weighted by Gasteiger charge is -2.17. The van der Waals surface area contributed by atoms with Crippen LogP contribution in [0.1, 0.15) is 23.6 Å². The van der Waals surface area contributed by atoms with Crippen molar-refractivity contribution < 1.29 is 9.53 Å². The Morgan fingerprint density at radius 2 is 1.88 bits per heavy atom. The number of rotatable bonds is 7. The van der Waals surface area contributed by atoms with Crippen LogP contribution in [0.25, 0.3) is 0 Å². The van der Waals surface area contributed by atoms with Crippen molar-refractivity contribution in [2.24, 2.45) is 0 Å². The van der Waals surface area contributed by atoms with Gasteiger partial charge in [0.1, 0.15) is 5.75 Å². The number of benzene rings is 2. The molecule has 0 spiro atoms. The fourth-order valence-electron chi connectivity index (χ4n) is 2.50. The van der Waals surface area contributed by atoms with Crippen LogP contribution in [-0.2, 0) is 17.9 Å². The summed E-state index contributed by atoms with van der Waals surface area (Å²) in [5.74, 6) is 0.491. The van der Waals surface area contributed by atoms with E-state index in [1.807, 2.05) is 45.3 Å². The fraction of sp³-hybridized carbons (Fsp3) is 0.350. The smallest absolute Gasteiger partial charge is 0.261 e. The van der Waals surface area contributed by atoms with E-state index in [-0.39, 0.29) is 5.91 Å². The molecule has 0 heterocycles. The van der Waals surface area contributed by atoms with Gasteiger partial charge in [-0.05, 0) is 62.8 Å². The van der Waals surface area contributed by atoms with E-state index in [4.69, 9.17) is 16.3 Å². The summed E-state index contributed by atoms with van der Waals surface area (Å²) >= 11 is 6.01. The van der Waals surface area contributed by atoms with E-state index in [9.17, 15) is 4.79 Å². The molecular weight excluding hydrogens is 336 g/mol. The van der Waals surface area contributed by atoms with E-state index in [1.165, 1.54) is 5.56 Å². The van der Waals surface area contributed by atoms with Crippen molar-refractivity contribution in [1.82, 2.24) is 10.2 Å². The van der Waals surface area contributed by atoms with Crippen LogP contribution in [0.2, 0.25) is 5.02 Å². The number of hydrogen-bond donors (Lipinski definition) is 1. The van der Waals surface area contributed by atoms with Gasteiger partial charge >= 0.3 is 0 Å².